The van der Waals surface area contributed by atoms with Crippen LogP contribution in [0, 0.1) is 27.6 Å². The molecule has 50 heavy (non-hydrogen) atoms. The number of hydrazone groups is 1. The van der Waals surface area contributed by atoms with Crippen LogP contribution in [0.15, 0.2) is 47.6 Å². The summed E-state index contributed by atoms with van der Waals surface area (Å²) in [4.78, 5) is 65.6. The van der Waals surface area contributed by atoms with E-state index in [9.17, 15) is 24.0 Å². The number of esters is 4. The Balaban J connectivity index is 1.03. The zero-order valence-electron chi connectivity index (χ0n) is 29.5. The lowest BCUT2D eigenvalue weighted by molar-refractivity contribution is -0.176. The molecule has 8 rings (SSSR count). The van der Waals surface area contributed by atoms with Crippen molar-refractivity contribution in [1.82, 2.24) is 5.01 Å². The van der Waals surface area contributed by atoms with Crippen LogP contribution < -0.4 is 9.47 Å². The number of aryl methyl sites for hydroxylation is 1. The smallest absolute Gasteiger partial charge is 0.356 e. The molecular weight excluding hydrogens is 640 g/mol. The van der Waals surface area contributed by atoms with Gasteiger partial charge in [0.15, 0.2) is 0 Å². The molecule has 2 saturated heterocycles. The zero-order valence-corrected chi connectivity index (χ0v) is 29.5. The number of amides is 1. The zero-order chi connectivity index (χ0) is 35.8. The number of hydrogen-bond acceptors (Lipinski definition) is 10. The molecular formula is C39H42N2O9. The molecule has 11 heteroatoms. The summed E-state index contributed by atoms with van der Waals surface area (Å²) >= 11 is 0. The number of carbonyl (C=O) groups is 5. The maximum Gasteiger partial charge on any atom is 0.356 e. The van der Waals surface area contributed by atoms with Crippen molar-refractivity contribution in [2.45, 2.75) is 104 Å². The third kappa shape index (κ3) is 3.81. The summed E-state index contributed by atoms with van der Waals surface area (Å²) in [6.07, 6.45) is 3.39. The van der Waals surface area contributed by atoms with E-state index >= 15 is 0 Å². The first kappa shape index (κ1) is 32.7. The molecule has 2 saturated carbocycles. The van der Waals surface area contributed by atoms with Crippen LogP contribution in [0.2, 0.25) is 0 Å². The number of rotatable bonds is 5. The molecule has 2 aromatic rings. The molecule has 4 fully saturated rings. The van der Waals surface area contributed by atoms with E-state index in [0.717, 1.165) is 35.2 Å². The highest BCUT2D eigenvalue weighted by Crippen LogP contribution is 2.67. The van der Waals surface area contributed by atoms with Crippen molar-refractivity contribution >= 4 is 35.5 Å². The van der Waals surface area contributed by atoms with Gasteiger partial charge in [0.25, 0.3) is 0 Å². The van der Waals surface area contributed by atoms with E-state index in [1.807, 2.05) is 59.7 Å². The predicted molar refractivity (Wildman–Crippen MR) is 178 cm³/mol. The molecule has 4 unspecified atom stereocenters. The molecule has 0 N–H and O–H groups in total. The molecule has 6 aliphatic rings. The Bertz CT molecular complexity index is 1950. The Morgan fingerprint density at radius 1 is 0.760 bits per heavy atom. The Kier molecular flexibility index (Phi) is 6.56. The largest absolute Gasteiger partial charge is 0.446 e. The lowest BCUT2D eigenvalue weighted by Crippen LogP contribution is -2.50. The second kappa shape index (κ2) is 10.0. The van der Waals surface area contributed by atoms with Crippen molar-refractivity contribution in [3.63, 3.8) is 0 Å². The van der Waals surface area contributed by atoms with Crippen molar-refractivity contribution in [2.24, 2.45) is 32.7 Å². The van der Waals surface area contributed by atoms with Gasteiger partial charge < -0.3 is 18.9 Å². The van der Waals surface area contributed by atoms with Crippen LogP contribution in [-0.4, -0.2) is 51.7 Å². The summed E-state index contributed by atoms with van der Waals surface area (Å²) in [5, 5.41) is 6.31. The van der Waals surface area contributed by atoms with Gasteiger partial charge in [-0.1, -0.05) is 45.9 Å². The molecule has 1 amide bonds. The van der Waals surface area contributed by atoms with Gasteiger partial charge in [-0.25, -0.2) is 14.6 Å². The summed E-state index contributed by atoms with van der Waals surface area (Å²) in [5.74, 6) is -1.64. The summed E-state index contributed by atoms with van der Waals surface area (Å²) in [7, 11) is 0. The van der Waals surface area contributed by atoms with Crippen LogP contribution in [0.25, 0.3) is 0 Å². The van der Waals surface area contributed by atoms with Crippen molar-refractivity contribution in [2.75, 3.05) is 0 Å². The molecule has 0 aromatic heterocycles. The molecule has 3 aliphatic heterocycles. The van der Waals surface area contributed by atoms with E-state index in [2.05, 4.69) is 0 Å². The minimum atomic E-state index is -1.35. The summed E-state index contributed by atoms with van der Waals surface area (Å²) in [6, 6.07) is 12.1. The van der Waals surface area contributed by atoms with Crippen molar-refractivity contribution in [3.8, 4) is 11.5 Å². The molecule has 2 aromatic carbocycles. The first-order chi connectivity index (χ1) is 23.4. The standard InChI is InChI=1S/C39H42N2O9/c1-21(42)41-29(23-9-12-24(13-10-23)47-32(45)38-18-16-36(6,30(43)49-38)34(38,2)3)26-15-11-22-8-14-25(20-27(22)28(26)40-41)48-33(46)39-19-17-37(7,31(44)50-39)35(39,4)5/h8-10,12-14,20,26,29H,11,15-19H2,1-7H3/t26-,29-,36?,37?,38?,39?/m0/s1. The van der Waals surface area contributed by atoms with Crippen molar-refractivity contribution < 1.29 is 42.9 Å². The highest BCUT2D eigenvalue weighted by Gasteiger charge is 2.77. The third-order valence-electron chi connectivity index (χ3n) is 14.1. The molecule has 0 radical (unpaired) electrons. The predicted octanol–water partition coefficient (Wildman–Crippen LogP) is 5.61. The monoisotopic (exact) mass is 682 g/mol. The van der Waals surface area contributed by atoms with E-state index < -0.39 is 50.8 Å². The van der Waals surface area contributed by atoms with Gasteiger partial charge >= 0.3 is 23.9 Å². The molecule has 11 nitrogen and oxygen atoms in total. The SMILES string of the molecule is CC(=O)N1N=C2c3cc(OC(=O)C45CCC(C)(C(=O)O4)C5(C)C)ccc3CC[C@@H]2[C@@H]1c1ccc(OC(=O)C23CCC(C)(C(=O)O2)C3(C)C)cc1. The van der Waals surface area contributed by atoms with E-state index in [0.29, 0.717) is 37.2 Å². The Morgan fingerprint density at radius 3 is 1.76 bits per heavy atom. The lowest BCUT2D eigenvalue weighted by Gasteiger charge is -2.34. The lowest BCUT2D eigenvalue weighted by atomic mass is 9.66. The van der Waals surface area contributed by atoms with Gasteiger partial charge in [0.05, 0.1) is 22.6 Å². The minimum absolute atomic E-state index is 0.136. The molecule has 262 valence electrons. The number of fused-ring (bicyclic) bond motifs is 7. The first-order valence-corrected chi connectivity index (χ1v) is 17.5. The molecule has 0 spiro atoms. The fraction of sp³-hybridized carbons (Fsp3) is 0.538. The van der Waals surface area contributed by atoms with Crippen LogP contribution in [0.1, 0.15) is 103 Å². The van der Waals surface area contributed by atoms with Crippen molar-refractivity contribution in [3.05, 3.63) is 59.2 Å². The quantitative estimate of drug-likeness (QED) is 0.291. The van der Waals surface area contributed by atoms with Gasteiger partial charge in [0.1, 0.15) is 11.5 Å². The number of ether oxygens (including phenoxy) is 4. The summed E-state index contributed by atoms with van der Waals surface area (Å²) < 4.78 is 23.2. The van der Waals surface area contributed by atoms with Crippen LogP contribution in [0.5, 0.6) is 11.5 Å². The number of hydrogen-bond donors (Lipinski definition) is 0. The average Bonchev–Trinajstić information content (AvgIpc) is 3.71. The fourth-order valence-corrected chi connectivity index (χ4v) is 9.66. The second-order valence-electron chi connectivity index (χ2n) is 16.5. The van der Waals surface area contributed by atoms with E-state index in [4.69, 9.17) is 24.0 Å². The third-order valence-corrected chi connectivity index (χ3v) is 14.1. The Labute approximate surface area is 290 Å². The van der Waals surface area contributed by atoms with Gasteiger partial charge in [-0.2, -0.15) is 5.10 Å². The minimum Gasteiger partial charge on any atom is -0.446 e. The van der Waals surface area contributed by atoms with Gasteiger partial charge in [0, 0.05) is 29.2 Å². The highest BCUT2D eigenvalue weighted by atomic mass is 16.6. The summed E-state index contributed by atoms with van der Waals surface area (Å²) in [6.45, 7) is 12.7. The summed E-state index contributed by atoms with van der Waals surface area (Å²) in [5.41, 5.74) is -2.25. The highest BCUT2D eigenvalue weighted by molar-refractivity contribution is 6.07. The topological polar surface area (TPSA) is 138 Å². The average molecular weight is 683 g/mol. The van der Waals surface area contributed by atoms with Crippen LogP contribution in [0.3, 0.4) is 0 Å². The Morgan fingerprint density at radius 2 is 1.28 bits per heavy atom. The molecule has 3 aliphatic carbocycles. The normalized spacial score (nSPS) is 35.2. The van der Waals surface area contributed by atoms with E-state index in [1.54, 1.807) is 24.3 Å². The van der Waals surface area contributed by atoms with E-state index in [-0.39, 0.29) is 23.8 Å². The molecule has 4 bridgehead atoms. The maximum atomic E-state index is 13.7. The van der Waals surface area contributed by atoms with Gasteiger partial charge in [-0.15, -0.1) is 0 Å². The maximum absolute atomic E-state index is 13.7. The molecule has 3 heterocycles. The van der Waals surface area contributed by atoms with Gasteiger partial charge in [0.2, 0.25) is 17.1 Å². The molecule has 6 atom stereocenters. The van der Waals surface area contributed by atoms with Crippen LogP contribution in [0.4, 0.5) is 0 Å². The fourth-order valence-electron chi connectivity index (χ4n) is 9.66. The second-order valence-corrected chi connectivity index (χ2v) is 16.5. The number of carbonyl (C=O) groups excluding carboxylic acids is 5. The Hall–Kier alpha value is -4.54. The number of nitrogens with zero attached hydrogens (tertiary/aromatic N) is 2. The first-order valence-electron chi connectivity index (χ1n) is 17.5. The van der Waals surface area contributed by atoms with Crippen LogP contribution in [-0.2, 0) is 39.9 Å². The van der Waals surface area contributed by atoms with Gasteiger partial charge in [-0.05, 0) is 87.8 Å². The van der Waals surface area contributed by atoms with Crippen LogP contribution >= 0.6 is 0 Å². The van der Waals surface area contributed by atoms with E-state index in [1.165, 1.54) is 11.9 Å². The number of benzene rings is 2. The van der Waals surface area contributed by atoms with Gasteiger partial charge in [-0.3, -0.25) is 14.4 Å². The van der Waals surface area contributed by atoms with Crippen molar-refractivity contribution in [1.29, 1.82) is 0 Å².